The molecule has 0 N–H and O–H groups in total. The second-order valence-corrected chi connectivity index (χ2v) is 3.31. The summed E-state index contributed by atoms with van der Waals surface area (Å²) in [5.41, 5.74) is 1.14. The van der Waals surface area contributed by atoms with E-state index in [1.54, 1.807) is 6.08 Å². The Kier molecular flexibility index (Phi) is 2.83. The Hall–Kier alpha value is -1.61. The summed E-state index contributed by atoms with van der Waals surface area (Å²) in [5, 5.41) is 0. The molecule has 15 heavy (non-hydrogen) atoms. The highest BCUT2D eigenvalue weighted by Crippen LogP contribution is 2.39. The predicted octanol–water partition coefficient (Wildman–Crippen LogP) is 1.86. The molecule has 0 saturated carbocycles. The van der Waals surface area contributed by atoms with E-state index in [9.17, 15) is 4.79 Å². The molecule has 0 unspecified atom stereocenters. The number of benzene rings is 1. The Morgan fingerprint density at radius 1 is 1.40 bits per heavy atom. The van der Waals surface area contributed by atoms with Gasteiger partial charge < -0.3 is 9.47 Å². The van der Waals surface area contributed by atoms with Crippen molar-refractivity contribution >= 4 is 5.97 Å². The van der Waals surface area contributed by atoms with Crippen molar-refractivity contribution in [3.8, 4) is 0 Å². The van der Waals surface area contributed by atoms with E-state index in [0.717, 1.165) is 5.56 Å². The van der Waals surface area contributed by atoms with E-state index < -0.39 is 0 Å². The summed E-state index contributed by atoms with van der Waals surface area (Å²) < 4.78 is 9.89. The van der Waals surface area contributed by atoms with Crippen LogP contribution in [0.2, 0.25) is 0 Å². The number of hydrogen-bond acceptors (Lipinski definition) is 3. The molecule has 3 nitrogen and oxygen atoms in total. The maximum absolute atomic E-state index is 10.8. The number of carbonyl (C=O) groups is 1. The Morgan fingerprint density at radius 3 is 2.80 bits per heavy atom. The molecule has 1 saturated heterocycles. The average Bonchev–Trinajstić information content (AvgIpc) is 3.06. The maximum Gasteiger partial charge on any atom is 0.330 e. The number of esters is 1. The van der Waals surface area contributed by atoms with Crippen LogP contribution in [0.3, 0.4) is 0 Å². The standard InChI is InChI=1S/C12H12O3/c1-14-11(13)8-7-10-12(15-10)9-5-3-2-4-6-9/h2-8,10,12H,1H3/b8-7-/t10-,12-/m0/s1. The summed E-state index contributed by atoms with van der Waals surface area (Å²) >= 11 is 0. The molecule has 0 aromatic heterocycles. The van der Waals surface area contributed by atoms with Gasteiger partial charge in [-0.05, 0) is 11.6 Å². The Bertz CT molecular complexity index is 370. The number of methoxy groups -OCH3 is 1. The van der Waals surface area contributed by atoms with Crippen LogP contribution in [0.4, 0.5) is 0 Å². The lowest BCUT2D eigenvalue weighted by molar-refractivity contribution is -0.134. The molecule has 1 aliphatic rings. The first-order chi connectivity index (χ1) is 7.31. The maximum atomic E-state index is 10.8. The summed E-state index contributed by atoms with van der Waals surface area (Å²) in [6.07, 6.45) is 3.22. The Labute approximate surface area is 88.3 Å². The molecule has 0 amide bonds. The van der Waals surface area contributed by atoms with E-state index in [-0.39, 0.29) is 18.2 Å². The monoisotopic (exact) mass is 204 g/mol. The van der Waals surface area contributed by atoms with Gasteiger partial charge in [-0.1, -0.05) is 30.3 Å². The molecule has 1 fully saturated rings. The number of hydrogen-bond donors (Lipinski definition) is 0. The van der Waals surface area contributed by atoms with Crippen LogP contribution >= 0.6 is 0 Å². The normalized spacial score (nSPS) is 24.1. The number of epoxide rings is 1. The van der Waals surface area contributed by atoms with Gasteiger partial charge in [-0.2, -0.15) is 0 Å². The van der Waals surface area contributed by atoms with Gasteiger partial charge in [0.25, 0.3) is 0 Å². The molecular formula is C12H12O3. The zero-order valence-electron chi connectivity index (χ0n) is 8.42. The second-order valence-electron chi connectivity index (χ2n) is 3.31. The summed E-state index contributed by atoms with van der Waals surface area (Å²) in [4.78, 5) is 10.8. The topological polar surface area (TPSA) is 38.8 Å². The number of rotatable bonds is 3. The van der Waals surface area contributed by atoms with Crippen LogP contribution in [0, 0.1) is 0 Å². The van der Waals surface area contributed by atoms with Crippen molar-refractivity contribution < 1.29 is 14.3 Å². The van der Waals surface area contributed by atoms with Crippen LogP contribution in [-0.4, -0.2) is 19.2 Å². The van der Waals surface area contributed by atoms with Crippen molar-refractivity contribution in [3.63, 3.8) is 0 Å². The van der Waals surface area contributed by atoms with Gasteiger partial charge in [-0.15, -0.1) is 0 Å². The molecule has 78 valence electrons. The van der Waals surface area contributed by atoms with Crippen LogP contribution in [0.25, 0.3) is 0 Å². The van der Waals surface area contributed by atoms with Crippen LogP contribution < -0.4 is 0 Å². The van der Waals surface area contributed by atoms with Gasteiger partial charge >= 0.3 is 5.97 Å². The van der Waals surface area contributed by atoms with Crippen molar-refractivity contribution in [3.05, 3.63) is 48.0 Å². The SMILES string of the molecule is COC(=O)/C=C\[C@@H]1O[C@H]1c1ccccc1. The van der Waals surface area contributed by atoms with Gasteiger partial charge in [-0.3, -0.25) is 0 Å². The lowest BCUT2D eigenvalue weighted by Gasteiger charge is -1.92. The van der Waals surface area contributed by atoms with Crippen LogP contribution in [0.15, 0.2) is 42.5 Å². The lowest BCUT2D eigenvalue weighted by Crippen LogP contribution is -1.95. The summed E-state index contributed by atoms with van der Waals surface area (Å²) in [5.74, 6) is -0.350. The molecule has 1 heterocycles. The number of ether oxygens (including phenoxy) is 2. The minimum absolute atomic E-state index is 0.00602. The minimum Gasteiger partial charge on any atom is -0.466 e. The van der Waals surface area contributed by atoms with Gasteiger partial charge in [0.15, 0.2) is 0 Å². The first kappa shape index (κ1) is 9.93. The smallest absolute Gasteiger partial charge is 0.330 e. The highest BCUT2D eigenvalue weighted by Gasteiger charge is 2.37. The van der Waals surface area contributed by atoms with Gasteiger partial charge in [0, 0.05) is 6.08 Å². The quantitative estimate of drug-likeness (QED) is 0.428. The molecule has 0 spiro atoms. The van der Waals surface area contributed by atoms with Crippen molar-refractivity contribution in [2.45, 2.75) is 12.2 Å². The van der Waals surface area contributed by atoms with Crippen LogP contribution in [0.1, 0.15) is 11.7 Å². The molecule has 1 aliphatic heterocycles. The van der Waals surface area contributed by atoms with Gasteiger partial charge in [0.1, 0.15) is 12.2 Å². The number of carbonyl (C=O) groups excluding carboxylic acids is 1. The third-order valence-electron chi connectivity index (χ3n) is 2.28. The molecule has 3 heteroatoms. The van der Waals surface area contributed by atoms with Crippen molar-refractivity contribution in [2.75, 3.05) is 7.11 Å². The zero-order valence-corrected chi connectivity index (χ0v) is 8.42. The first-order valence-corrected chi connectivity index (χ1v) is 4.78. The average molecular weight is 204 g/mol. The van der Waals surface area contributed by atoms with E-state index in [1.165, 1.54) is 13.2 Å². The van der Waals surface area contributed by atoms with E-state index in [4.69, 9.17) is 4.74 Å². The van der Waals surface area contributed by atoms with Gasteiger partial charge in [-0.25, -0.2) is 4.79 Å². The molecule has 2 rings (SSSR count). The lowest BCUT2D eigenvalue weighted by atomic mass is 10.1. The van der Waals surface area contributed by atoms with Gasteiger partial charge in [0.05, 0.1) is 7.11 Å². The van der Waals surface area contributed by atoms with Crippen LogP contribution in [-0.2, 0) is 14.3 Å². The summed E-state index contributed by atoms with van der Waals surface area (Å²) in [6.45, 7) is 0. The van der Waals surface area contributed by atoms with E-state index >= 15 is 0 Å². The molecule has 1 aromatic carbocycles. The van der Waals surface area contributed by atoms with E-state index in [2.05, 4.69) is 4.74 Å². The molecule has 2 atom stereocenters. The fourth-order valence-corrected chi connectivity index (χ4v) is 1.42. The van der Waals surface area contributed by atoms with Gasteiger partial charge in [0.2, 0.25) is 0 Å². The molecule has 0 bridgehead atoms. The largest absolute Gasteiger partial charge is 0.466 e. The third kappa shape index (κ3) is 2.44. The summed E-state index contributed by atoms with van der Waals surface area (Å²) in [6, 6.07) is 9.93. The van der Waals surface area contributed by atoms with E-state index in [0.29, 0.717) is 0 Å². The molecular weight excluding hydrogens is 192 g/mol. The van der Waals surface area contributed by atoms with Crippen LogP contribution in [0.5, 0.6) is 0 Å². The Morgan fingerprint density at radius 2 is 2.13 bits per heavy atom. The molecule has 0 aliphatic carbocycles. The van der Waals surface area contributed by atoms with Crippen molar-refractivity contribution in [2.24, 2.45) is 0 Å². The molecule has 0 radical (unpaired) electrons. The Balaban J connectivity index is 1.92. The minimum atomic E-state index is -0.350. The second kappa shape index (κ2) is 4.28. The zero-order chi connectivity index (χ0) is 10.7. The van der Waals surface area contributed by atoms with Crippen molar-refractivity contribution in [1.29, 1.82) is 0 Å². The fraction of sp³-hybridized carbons (Fsp3) is 0.250. The highest BCUT2D eigenvalue weighted by atomic mass is 16.6. The fourth-order valence-electron chi connectivity index (χ4n) is 1.42. The molecule has 1 aromatic rings. The third-order valence-corrected chi connectivity index (χ3v) is 2.28. The predicted molar refractivity (Wildman–Crippen MR) is 55.2 cm³/mol. The first-order valence-electron chi connectivity index (χ1n) is 4.78. The summed E-state index contributed by atoms with van der Waals surface area (Å²) in [7, 11) is 1.36. The highest BCUT2D eigenvalue weighted by molar-refractivity contribution is 5.81. The van der Waals surface area contributed by atoms with Crippen molar-refractivity contribution in [1.82, 2.24) is 0 Å². The van der Waals surface area contributed by atoms with E-state index in [1.807, 2.05) is 30.3 Å².